The quantitative estimate of drug-likeness (QED) is 0.280. The third-order valence-corrected chi connectivity index (χ3v) is 6.51. The maximum absolute atomic E-state index is 9.84. The standard InChI is InChI=1S/C31H23N5/c1-19-7-6-8-22(15-19)23-12-14-27-26-9-4-5-10-29(26)36(30(27)16-23)25-13-11-24(18-32)28(17-25)31-34-20(2)33-21(3)35-31/h4-17H,1-3H3. The largest absolute Gasteiger partial charge is 0.309 e. The molecule has 36 heavy (non-hydrogen) atoms. The van der Waals surface area contributed by atoms with Crippen LogP contribution in [0, 0.1) is 32.1 Å². The fourth-order valence-electron chi connectivity index (χ4n) is 4.94. The van der Waals surface area contributed by atoms with Crippen LogP contribution < -0.4 is 0 Å². The number of aryl methyl sites for hydroxylation is 3. The van der Waals surface area contributed by atoms with Crippen molar-refractivity contribution < 1.29 is 0 Å². The molecular weight excluding hydrogens is 442 g/mol. The first-order valence-electron chi connectivity index (χ1n) is 11.9. The number of nitrogens with zero attached hydrogens (tertiary/aromatic N) is 5. The molecular formula is C31H23N5. The van der Waals surface area contributed by atoms with Crippen molar-refractivity contribution in [2.75, 3.05) is 0 Å². The predicted octanol–water partition coefficient (Wildman–Crippen LogP) is 7.10. The smallest absolute Gasteiger partial charge is 0.164 e. The normalized spacial score (nSPS) is 11.2. The molecule has 0 atom stereocenters. The van der Waals surface area contributed by atoms with E-state index in [-0.39, 0.29) is 0 Å². The molecule has 0 amide bonds. The van der Waals surface area contributed by atoms with E-state index in [0.29, 0.717) is 28.6 Å². The summed E-state index contributed by atoms with van der Waals surface area (Å²) in [5.74, 6) is 1.78. The predicted molar refractivity (Wildman–Crippen MR) is 144 cm³/mol. The van der Waals surface area contributed by atoms with Crippen molar-refractivity contribution in [3.8, 4) is 34.3 Å². The van der Waals surface area contributed by atoms with Gasteiger partial charge in [-0.25, -0.2) is 15.0 Å². The monoisotopic (exact) mass is 465 g/mol. The van der Waals surface area contributed by atoms with Gasteiger partial charge in [-0.05, 0) is 62.2 Å². The molecule has 0 aliphatic carbocycles. The molecule has 0 spiro atoms. The Bertz CT molecular complexity index is 1820. The van der Waals surface area contributed by atoms with Gasteiger partial charge in [0, 0.05) is 22.0 Å². The zero-order valence-electron chi connectivity index (χ0n) is 20.3. The van der Waals surface area contributed by atoms with E-state index in [1.807, 2.05) is 32.0 Å². The Labute approximate surface area is 209 Å². The van der Waals surface area contributed by atoms with Gasteiger partial charge in [-0.1, -0.05) is 60.2 Å². The summed E-state index contributed by atoms with van der Waals surface area (Å²) in [6.07, 6.45) is 0. The highest BCUT2D eigenvalue weighted by Gasteiger charge is 2.16. The van der Waals surface area contributed by atoms with Crippen LogP contribution in [0.4, 0.5) is 0 Å². The average Bonchev–Trinajstić information content (AvgIpc) is 3.21. The van der Waals surface area contributed by atoms with Crippen LogP contribution in [0.1, 0.15) is 22.8 Å². The van der Waals surface area contributed by atoms with E-state index >= 15 is 0 Å². The van der Waals surface area contributed by atoms with Gasteiger partial charge < -0.3 is 4.57 Å². The van der Waals surface area contributed by atoms with Crippen LogP contribution >= 0.6 is 0 Å². The molecule has 0 radical (unpaired) electrons. The Morgan fingerprint density at radius 3 is 2.19 bits per heavy atom. The summed E-state index contributed by atoms with van der Waals surface area (Å²) >= 11 is 0. The number of hydrogen-bond donors (Lipinski definition) is 0. The molecule has 0 bridgehead atoms. The lowest BCUT2D eigenvalue weighted by molar-refractivity contribution is 0.927. The molecule has 0 fully saturated rings. The molecule has 6 rings (SSSR count). The van der Waals surface area contributed by atoms with Crippen molar-refractivity contribution in [3.63, 3.8) is 0 Å². The number of rotatable bonds is 3. The molecule has 0 aliphatic rings. The number of nitriles is 1. The fraction of sp³-hybridized carbons (Fsp3) is 0.0968. The Kier molecular flexibility index (Phi) is 5.09. The van der Waals surface area contributed by atoms with Crippen LogP contribution in [0.15, 0.2) is 84.9 Å². The molecule has 0 saturated heterocycles. The minimum Gasteiger partial charge on any atom is -0.309 e. The molecule has 0 aliphatic heterocycles. The summed E-state index contributed by atoms with van der Waals surface area (Å²) < 4.78 is 2.26. The third kappa shape index (κ3) is 3.60. The summed E-state index contributed by atoms with van der Waals surface area (Å²) in [5.41, 5.74) is 7.97. The zero-order chi connectivity index (χ0) is 24.8. The van der Waals surface area contributed by atoms with E-state index < -0.39 is 0 Å². The Morgan fingerprint density at radius 1 is 0.667 bits per heavy atom. The van der Waals surface area contributed by atoms with Gasteiger partial charge >= 0.3 is 0 Å². The van der Waals surface area contributed by atoms with Gasteiger partial charge in [0.05, 0.1) is 22.7 Å². The SMILES string of the molecule is Cc1cccc(-c2ccc3c4ccccc4n(-c4ccc(C#N)c(-c5nc(C)nc(C)n5)c4)c3c2)c1. The zero-order valence-corrected chi connectivity index (χ0v) is 20.3. The second kappa shape index (κ2) is 8.44. The lowest BCUT2D eigenvalue weighted by atomic mass is 10.0. The second-order valence-corrected chi connectivity index (χ2v) is 9.05. The number of para-hydroxylation sites is 1. The van der Waals surface area contributed by atoms with Gasteiger partial charge in [-0.2, -0.15) is 5.26 Å². The molecule has 0 saturated carbocycles. The first-order valence-corrected chi connectivity index (χ1v) is 11.9. The Hall–Kier alpha value is -4.82. The summed E-state index contributed by atoms with van der Waals surface area (Å²) in [5, 5.41) is 12.2. The molecule has 5 nitrogen and oxygen atoms in total. The number of fused-ring (bicyclic) bond motifs is 3. The lowest BCUT2D eigenvalue weighted by Gasteiger charge is -2.12. The van der Waals surface area contributed by atoms with Gasteiger partial charge in [-0.3, -0.25) is 0 Å². The Balaban J connectivity index is 1.64. The maximum atomic E-state index is 9.84. The van der Waals surface area contributed by atoms with E-state index in [2.05, 4.69) is 99.2 Å². The van der Waals surface area contributed by atoms with Crippen LogP contribution in [-0.2, 0) is 0 Å². The minimum atomic E-state index is 0.514. The molecule has 6 aromatic rings. The highest BCUT2D eigenvalue weighted by atomic mass is 15.0. The maximum Gasteiger partial charge on any atom is 0.164 e. The number of aromatic nitrogens is 4. The van der Waals surface area contributed by atoms with Crippen molar-refractivity contribution in [2.24, 2.45) is 0 Å². The molecule has 4 aromatic carbocycles. The molecule has 2 heterocycles. The minimum absolute atomic E-state index is 0.514. The van der Waals surface area contributed by atoms with Crippen molar-refractivity contribution in [3.05, 3.63) is 108 Å². The summed E-state index contributed by atoms with van der Waals surface area (Å²) in [6.45, 7) is 5.80. The fourth-order valence-corrected chi connectivity index (χ4v) is 4.94. The lowest BCUT2D eigenvalue weighted by Crippen LogP contribution is -2.02. The van der Waals surface area contributed by atoms with Crippen LogP contribution in [0.3, 0.4) is 0 Å². The Morgan fingerprint density at radius 2 is 1.42 bits per heavy atom. The highest BCUT2D eigenvalue weighted by Crippen LogP contribution is 2.36. The van der Waals surface area contributed by atoms with Crippen molar-refractivity contribution in [2.45, 2.75) is 20.8 Å². The van der Waals surface area contributed by atoms with Gasteiger partial charge in [0.1, 0.15) is 11.6 Å². The van der Waals surface area contributed by atoms with Gasteiger partial charge in [0.15, 0.2) is 5.82 Å². The third-order valence-electron chi connectivity index (χ3n) is 6.51. The molecule has 0 N–H and O–H groups in total. The highest BCUT2D eigenvalue weighted by molar-refractivity contribution is 6.10. The topological polar surface area (TPSA) is 67.4 Å². The summed E-state index contributed by atoms with van der Waals surface area (Å²) in [6, 6.07) is 31.8. The van der Waals surface area contributed by atoms with Gasteiger partial charge in [0.2, 0.25) is 0 Å². The van der Waals surface area contributed by atoms with Crippen molar-refractivity contribution >= 4 is 21.8 Å². The van der Waals surface area contributed by atoms with Crippen molar-refractivity contribution in [1.29, 1.82) is 5.26 Å². The van der Waals surface area contributed by atoms with Crippen LogP contribution in [0.25, 0.3) is 50.0 Å². The number of benzene rings is 4. The van der Waals surface area contributed by atoms with E-state index in [4.69, 9.17) is 0 Å². The van der Waals surface area contributed by atoms with E-state index in [1.165, 1.54) is 21.9 Å². The first-order chi connectivity index (χ1) is 17.5. The molecule has 0 unspecified atom stereocenters. The first kappa shape index (κ1) is 21.7. The van der Waals surface area contributed by atoms with Gasteiger partial charge in [-0.15, -0.1) is 0 Å². The molecule has 172 valence electrons. The van der Waals surface area contributed by atoms with Crippen LogP contribution in [0.2, 0.25) is 0 Å². The van der Waals surface area contributed by atoms with E-state index in [9.17, 15) is 5.26 Å². The molecule has 2 aromatic heterocycles. The van der Waals surface area contributed by atoms with Crippen LogP contribution in [-0.4, -0.2) is 19.5 Å². The van der Waals surface area contributed by atoms with Crippen molar-refractivity contribution in [1.82, 2.24) is 19.5 Å². The van der Waals surface area contributed by atoms with E-state index in [0.717, 1.165) is 22.3 Å². The average molecular weight is 466 g/mol. The number of hydrogen-bond acceptors (Lipinski definition) is 4. The van der Waals surface area contributed by atoms with E-state index in [1.54, 1.807) is 0 Å². The molecule has 5 heteroatoms. The van der Waals surface area contributed by atoms with Gasteiger partial charge in [0.25, 0.3) is 0 Å². The summed E-state index contributed by atoms with van der Waals surface area (Å²) in [4.78, 5) is 13.4. The summed E-state index contributed by atoms with van der Waals surface area (Å²) in [7, 11) is 0. The van der Waals surface area contributed by atoms with Crippen LogP contribution in [0.5, 0.6) is 0 Å². The second-order valence-electron chi connectivity index (χ2n) is 9.05.